The molecule has 0 aromatic heterocycles. The lowest BCUT2D eigenvalue weighted by molar-refractivity contribution is -0.153. The van der Waals surface area contributed by atoms with Crippen molar-refractivity contribution in [3.05, 3.63) is 0 Å². The van der Waals surface area contributed by atoms with E-state index in [1.54, 1.807) is 0 Å². The lowest BCUT2D eigenvalue weighted by Crippen LogP contribution is -2.36. The average molecular weight is 290 g/mol. The van der Waals surface area contributed by atoms with Crippen LogP contribution in [0.4, 0.5) is 0 Å². The van der Waals surface area contributed by atoms with Crippen LogP contribution in [0, 0.1) is 11.8 Å². The summed E-state index contributed by atoms with van der Waals surface area (Å²) < 4.78 is 5.31. The van der Waals surface area contributed by atoms with Gasteiger partial charge in [-0.3, -0.25) is 4.79 Å². The predicted molar refractivity (Wildman–Crippen MR) is 79.6 cm³/mol. The number of hydrogen-bond acceptors (Lipinski definition) is 3. The van der Waals surface area contributed by atoms with Crippen molar-refractivity contribution in [1.82, 2.24) is 5.32 Å². The molecule has 2 rings (SSSR count). The normalized spacial score (nSPS) is 27.5. The van der Waals surface area contributed by atoms with Crippen molar-refractivity contribution in [2.45, 2.75) is 70.9 Å². The van der Waals surface area contributed by atoms with Crippen LogP contribution in [0.5, 0.6) is 0 Å². The first-order valence-corrected chi connectivity index (χ1v) is 7.39. The summed E-state index contributed by atoms with van der Waals surface area (Å²) in [5.74, 6) is 1.70. The number of fused-ring (bicyclic) bond motifs is 1. The summed E-state index contributed by atoms with van der Waals surface area (Å²) in [6.45, 7) is 6.10. The molecule has 19 heavy (non-hydrogen) atoms. The topological polar surface area (TPSA) is 38.3 Å². The number of esters is 1. The Labute approximate surface area is 123 Å². The number of nitrogens with one attached hydrogen (secondary N) is 1. The van der Waals surface area contributed by atoms with Gasteiger partial charge in [0.2, 0.25) is 0 Å². The molecule has 2 fully saturated rings. The minimum absolute atomic E-state index is 0. The summed E-state index contributed by atoms with van der Waals surface area (Å²) in [5.41, 5.74) is -0.373. The van der Waals surface area contributed by atoms with Gasteiger partial charge in [0.1, 0.15) is 5.60 Å². The molecule has 1 N–H and O–H groups in total. The smallest absolute Gasteiger partial charge is 0.320 e. The van der Waals surface area contributed by atoms with Gasteiger partial charge in [-0.25, -0.2) is 0 Å². The second kappa shape index (κ2) is 6.94. The maximum Gasteiger partial charge on any atom is 0.320 e. The zero-order valence-corrected chi connectivity index (χ0v) is 13.2. The SMILES string of the molecule is CC(C)(C)OC(=O)CNC1C[C@H]2CCCC[C@@H]2C1.Cl. The molecule has 0 spiro atoms. The largest absolute Gasteiger partial charge is 0.459 e. The molecule has 0 bridgehead atoms. The highest BCUT2D eigenvalue weighted by molar-refractivity contribution is 5.85. The Morgan fingerprint density at radius 3 is 2.16 bits per heavy atom. The Bertz CT molecular complexity index is 287. The van der Waals surface area contributed by atoms with Gasteiger partial charge in [0.25, 0.3) is 0 Å². The third kappa shape index (κ3) is 5.31. The minimum atomic E-state index is -0.373. The van der Waals surface area contributed by atoms with Crippen LogP contribution < -0.4 is 5.32 Å². The highest BCUT2D eigenvalue weighted by Gasteiger charge is 2.35. The van der Waals surface area contributed by atoms with Crippen molar-refractivity contribution in [1.29, 1.82) is 0 Å². The monoisotopic (exact) mass is 289 g/mol. The quantitative estimate of drug-likeness (QED) is 0.810. The number of carbonyl (C=O) groups excluding carboxylic acids is 1. The van der Waals surface area contributed by atoms with E-state index in [-0.39, 0.29) is 24.0 Å². The van der Waals surface area contributed by atoms with E-state index in [1.165, 1.54) is 38.5 Å². The van der Waals surface area contributed by atoms with Crippen molar-refractivity contribution in [3.8, 4) is 0 Å². The van der Waals surface area contributed by atoms with Crippen molar-refractivity contribution in [3.63, 3.8) is 0 Å². The van der Waals surface area contributed by atoms with Crippen molar-refractivity contribution in [2.75, 3.05) is 6.54 Å². The van der Waals surface area contributed by atoms with Gasteiger partial charge in [-0.1, -0.05) is 25.7 Å². The highest BCUT2D eigenvalue weighted by atomic mass is 35.5. The molecule has 0 unspecified atom stereocenters. The molecular weight excluding hydrogens is 262 g/mol. The maximum atomic E-state index is 11.6. The summed E-state index contributed by atoms with van der Waals surface area (Å²) in [4.78, 5) is 11.6. The van der Waals surface area contributed by atoms with E-state index in [4.69, 9.17) is 4.74 Å². The van der Waals surface area contributed by atoms with Crippen LogP contribution in [0.1, 0.15) is 59.3 Å². The summed E-state index contributed by atoms with van der Waals surface area (Å²) in [6, 6.07) is 0.533. The minimum Gasteiger partial charge on any atom is -0.459 e. The van der Waals surface area contributed by atoms with Crippen LogP contribution >= 0.6 is 12.4 Å². The molecule has 2 atom stereocenters. The molecule has 0 aromatic carbocycles. The van der Waals surface area contributed by atoms with Crippen LogP contribution in [-0.4, -0.2) is 24.2 Å². The van der Waals surface area contributed by atoms with Crippen LogP contribution in [0.2, 0.25) is 0 Å². The summed E-state index contributed by atoms with van der Waals surface area (Å²) in [5, 5.41) is 3.39. The molecule has 0 saturated heterocycles. The molecule has 2 saturated carbocycles. The molecule has 0 amide bonds. The lowest BCUT2D eigenvalue weighted by atomic mass is 9.82. The Morgan fingerprint density at radius 2 is 1.68 bits per heavy atom. The first kappa shape index (κ1) is 16.8. The standard InChI is InChI=1S/C15H27NO2.ClH/c1-15(2,3)18-14(17)10-16-13-8-11-6-4-5-7-12(11)9-13;/h11-13,16H,4-10H2,1-3H3;1H/t11-,12-;/m1./s1. The maximum absolute atomic E-state index is 11.6. The van der Waals surface area contributed by atoms with Crippen molar-refractivity contribution in [2.24, 2.45) is 11.8 Å². The van der Waals surface area contributed by atoms with Gasteiger partial charge in [-0.2, -0.15) is 0 Å². The number of rotatable bonds is 3. The van der Waals surface area contributed by atoms with E-state index in [9.17, 15) is 4.79 Å². The molecule has 3 nitrogen and oxygen atoms in total. The zero-order chi connectivity index (χ0) is 13.2. The number of ether oxygens (including phenoxy) is 1. The van der Waals surface area contributed by atoms with Crippen molar-refractivity contribution >= 4 is 18.4 Å². The lowest BCUT2D eigenvalue weighted by Gasteiger charge is -2.24. The molecule has 2 aliphatic rings. The molecule has 0 radical (unpaired) electrons. The summed E-state index contributed by atoms with van der Waals surface area (Å²) >= 11 is 0. The van der Waals surface area contributed by atoms with Crippen LogP contribution in [-0.2, 0) is 9.53 Å². The Kier molecular flexibility index (Phi) is 6.13. The summed E-state index contributed by atoms with van der Waals surface area (Å²) in [7, 11) is 0. The molecule has 0 heterocycles. The van der Waals surface area contributed by atoms with E-state index >= 15 is 0 Å². The zero-order valence-electron chi connectivity index (χ0n) is 12.4. The summed E-state index contributed by atoms with van der Waals surface area (Å²) in [6.07, 6.45) is 8.12. The number of halogens is 1. The fraction of sp³-hybridized carbons (Fsp3) is 0.933. The number of hydrogen-bond donors (Lipinski definition) is 1. The first-order chi connectivity index (χ1) is 8.44. The fourth-order valence-corrected chi connectivity index (χ4v) is 3.50. The number of carbonyl (C=O) groups is 1. The Balaban J connectivity index is 0.00000180. The van der Waals surface area contributed by atoms with Gasteiger partial charge in [0.05, 0.1) is 6.54 Å². The van der Waals surface area contributed by atoms with Gasteiger partial charge in [-0.05, 0) is 45.4 Å². The molecule has 0 aliphatic heterocycles. The first-order valence-electron chi connectivity index (χ1n) is 7.39. The average Bonchev–Trinajstić information content (AvgIpc) is 2.66. The molecular formula is C15H28ClNO2. The van der Waals surface area contributed by atoms with E-state index in [0.717, 1.165) is 11.8 Å². The van der Waals surface area contributed by atoms with Crippen LogP contribution in [0.25, 0.3) is 0 Å². The molecule has 4 heteroatoms. The second-order valence-corrected chi connectivity index (χ2v) is 6.94. The Morgan fingerprint density at radius 1 is 1.16 bits per heavy atom. The van der Waals surface area contributed by atoms with Gasteiger partial charge >= 0.3 is 5.97 Å². The highest BCUT2D eigenvalue weighted by Crippen LogP contribution is 2.42. The van der Waals surface area contributed by atoms with Gasteiger partial charge in [0, 0.05) is 6.04 Å². The Hall–Kier alpha value is -0.280. The van der Waals surface area contributed by atoms with Crippen LogP contribution in [0.3, 0.4) is 0 Å². The third-order valence-corrected chi connectivity index (χ3v) is 4.20. The molecule has 112 valence electrons. The van der Waals surface area contributed by atoms with Gasteiger partial charge in [0.15, 0.2) is 0 Å². The van der Waals surface area contributed by atoms with Crippen LogP contribution in [0.15, 0.2) is 0 Å². The van der Waals surface area contributed by atoms with E-state index in [2.05, 4.69) is 5.32 Å². The third-order valence-electron chi connectivity index (χ3n) is 4.20. The van der Waals surface area contributed by atoms with E-state index in [0.29, 0.717) is 12.6 Å². The fourth-order valence-electron chi connectivity index (χ4n) is 3.50. The van der Waals surface area contributed by atoms with E-state index < -0.39 is 0 Å². The van der Waals surface area contributed by atoms with Crippen molar-refractivity contribution < 1.29 is 9.53 Å². The molecule has 0 aromatic rings. The van der Waals surface area contributed by atoms with E-state index in [1.807, 2.05) is 20.8 Å². The second-order valence-electron chi connectivity index (χ2n) is 6.94. The van der Waals surface area contributed by atoms with Gasteiger partial charge in [-0.15, -0.1) is 12.4 Å². The predicted octanol–water partition coefficient (Wildman–Crippen LogP) is 3.31. The molecule has 2 aliphatic carbocycles. The van der Waals surface area contributed by atoms with Gasteiger partial charge < -0.3 is 10.1 Å².